The van der Waals surface area contributed by atoms with Crippen LogP contribution in [-0.2, 0) is 24.8 Å². The van der Waals surface area contributed by atoms with Crippen LogP contribution < -0.4 is 10.6 Å². The van der Waals surface area contributed by atoms with Crippen molar-refractivity contribution in [3.05, 3.63) is 48.0 Å². The molecule has 1 aromatic carbocycles. The van der Waals surface area contributed by atoms with Crippen LogP contribution in [0.3, 0.4) is 0 Å². The molecule has 0 unspecified atom stereocenters. The molecule has 2 N–H and O–H groups in total. The summed E-state index contributed by atoms with van der Waals surface area (Å²) in [5, 5.41) is 5.96. The van der Waals surface area contributed by atoms with E-state index in [0.717, 1.165) is 17.1 Å². The zero-order valence-electron chi connectivity index (χ0n) is 11.2. The summed E-state index contributed by atoms with van der Waals surface area (Å²) in [7, 11) is 3.60. The van der Waals surface area contributed by atoms with Gasteiger partial charge in [-0.05, 0) is 11.6 Å². The van der Waals surface area contributed by atoms with Gasteiger partial charge >= 0.3 is 0 Å². The third-order valence-electron chi connectivity index (χ3n) is 3.01. The maximum absolute atomic E-state index is 11.5. The molecule has 0 atom stereocenters. The minimum Gasteiger partial charge on any atom is -0.378 e. The van der Waals surface area contributed by atoms with E-state index in [4.69, 9.17) is 0 Å². The zero-order valence-corrected chi connectivity index (χ0v) is 11.2. The van der Waals surface area contributed by atoms with Gasteiger partial charge in [0.2, 0.25) is 5.91 Å². The van der Waals surface area contributed by atoms with E-state index in [9.17, 15) is 4.79 Å². The first-order valence-corrected chi connectivity index (χ1v) is 6.19. The standard InChI is InChI=1S/C14H18N4O/c1-15-14(19)9-11-5-3-4-6-12(11)17-10-13-16-7-8-18(13)2/h3-8,17H,9-10H2,1-2H3,(H,15,19). The monoisotopic (exact) mass is 258 g/mol. The highest BCUT2D eigenvalue weighted by Crippen LogP contribution is 2.16. The first-order valence-electron chi connectivity index (χ1n) is 6.19. The van der Waals surface area contributed by atoms with E-state index in [1.54, 1.807) is 13.2 Å². The van der Waals surface area contributed by atoms with Crippen LogP contribution in [0, 0.1) is 0 Å². The molecule has 1 aromatic heterocycles. The van der Waals surface area contributed by atoms with Crippen molar-refractivity contribution in [1.82, 2.24) is 14.9 Å². The Labute approximate surface area is 112 Å². The lowest BCUT2D eigenvalue weighted by Crippen LogP contribution is -2.20. The van der Waals surface area contributed by atoms with Crippen molar-refractivity contribution in [2.24, 2.45) is 7.05 Å². The van der Waals surface area contributed by atoms with Crippen molar-refractivity contribution in [2.75, 3.05) is 12.4 Å². The maximum atomic E-state index is 11.5. The summed E-state index contributed by atoms with van der Waals surface area (Å²) in [6.45, 7) is 0.633. The minimum absolute atomic E-state index is 0.00578. The number of aryl methyl sites for hydroxylation is 1. The Kier molecular flexibility index (Phi) is 4.18. The number of hydrogen-bond acceptors (Lipinski definition) is 3. The van der Waals surface area contributed by atoms with Gasteiger partial charge in [-0.15, -0.1) is 0 Å². The van der Waals surface area contributed by atoms with Crippen molar-refractivity contribution in [3.63, 3.8) is 0 Å². The molecular formula is C14H18N4O. The van der Waals surface area contributed by atoms with Crippen molar-refractivity contribution in [1.29, 1.82) is 0 Å². The molecule has 1 heterocycles. The number of imidazole rings is 1. The lowest BCUT2D eigenvalue weighted by molar-refractivity contribution is -0.119. The van der Waals surface area contributed by atoms with Crippen LogP contribution >= 0.6 is 0 Å². The van der Waals surface area contributed by atoms with E-state index < -0.39 is 0 Å². The molecule has 2 rings (SSSR count). The molecule has 5 nitrogen and oxygen atoms in total. The molecular weight excluding hydrogens is 240 g/mol. The summed E-state index contributed by atoms with van der Waals surface area (Å²) < 4.78 is 1.97. The highest BCUT2D eigenvalue weighted by molar-refractivity contribution is 5.80. The summed E-state index contributed by atoms with van der Waals surface area (Å²) in [4.78, 5) is 15.7. The molecule has 0 saturated heterocycles. The van der Waals surface area contributed by atoms with Crippen LogP contribution in [0.15, 0.2) is 36.7 Å². The highest BCUT2D eigenvalue weighted by atomic mass is 16.1. The summed E-state index contributed by atoms with van der Waals surface area (Å²) in [5.41, 5.74) is 1.95. The summed E-state index contributed by atoms with van der Waals surface area (Å²) in [6, 6.07) is 7.82. The van der Waals surface area contributed by atoms with Gasteiger partial charge in [0.05, 0.1) is 13.0 Å². The van der Waals surface area contributed by atoms with E-state index in [-0.39, 0.29) is 5.91 Å². The fourth-order valence-electron chi connectivity index (χ4n) is 1.85. The normalized spacial score (nSPS) is 10.2. The second kappa shape index (κ2) is 6.04. The van der Waals surface area contributed by atoms with Crippen molar-refractivity contribution in [3.8, 4) is 0 Å². The van der Waals surface area contributed by atoms with Gasteiger partial charge in [-0.2, -0.15) is 0 Å². The number of hydrogen-bond donors (Lipinski definition) is 2. The van der Waals surface area contributed by atoms with Crippen LogP contribution in [0.2, 0.25) is 0 Å². The molecule has 100 valence electrons. The van der Waals surface area contributed by atoms with E-state index in [1.807, 2.05) is 42.1 Å². The lowest BCUT2D eigenvalue weighted by atomic mass is 10.1. The second-order valence-electron chi connectivity index (χ2n) is 4.32. The van der Waals surface area contributed by atoms with E-state index in [2.05, 4.69) is 15.6 Å². The number of para-hydroxylation sites is 1. The van der Waals surface area contributed by atoms with Gasteiger partial charge in [0, 0.05) is 32.2 Å². The average Bonchev–Trinajstić information content (AvgIpc) is 2.83. The Hall–Kier alpha value is -2.30. The van der Waals surface area contributed by atoms with Gasteiger partial charge < -0.3 is 15.2 Å². The Balaban J connectivity index is 2.07. The number of amides is 1. The van der Waals surface area contributed by atoms with Crippen molar-refractivity contribution < 1.29 is 4.79 Å². The van der Waals surface area contributed by atoms with E-state index in [1.165, 1.54) is 0 Å². The number of carbonyl (C=O) groups excluding carboxylic acids is 1. The first-order chi connectivity index (χ1) is 9.20. The average molecular weight is 258 g/mol. The number of likely N-dealkylation sites (N-methyl/N-ethyl adjacent to an activating group) is 1. The lowest BCUT2D eigenvalue weighted by Gasteiger charge is -2.11. The molecule has 0 aliphatic carbocycles. The Morgan fingerprint density at radius 2 is 2.16 bits per heavy atom. The molecule has 0 radical (unpaired) electrons. The smallest absolute Gasteiger partial charge is 0.224 e. The van der Waals surface area contributed by atoms with Crippen LogP contribution in [0.25, 0.3) is 0 Å². The van der Waals surface area contributed by atoms with Gasteiger partial charge in [-0.1, -0.05) is 18.2 Å². The number of rotatable bonds is 5. The van der Waals surface area contributed by atoms with Gasteiger partial charge in [0.15, 0.2) is 0 Å². The maximum Gasteiger partial charge on any atom is 0.224 e. The molecule has 1 amide bonds. The number of carbonyl (C=O) groups is 1. The third-order valence-corrected chi connectivity index (χ3v) is 3.01. The Bertz CT molecular complexity index is 562. The summed E-state index contributed by atoms with van der Waals surface area (Å²) in [5.74, 6) is 0.959. The Morgan fingerprint density at radius 3 is 2.84 bits per heavy atom. The van der Waals surface area contributed by atoms with E-state index in [0.29, 0.717) is 13.0 Å². The predicted octanol–water partition coefficient (Wildman–Crippen LogP) is 1.32. The number of nitrogens with one attached hydrogen (secondary N) is 2. The molecule has 0 saturated carbocycles. The molecule has 2 aromatic rings. The molecule has 0 bridgehead atoms. The van der Waals surface area contributed by atoms with Crippen molar-refractivity contribution >= 4 is 11.6 Å². The van der Waals surface area contributed by atoms with Crippen LogP contribution in [0.1, 0.15) is 11.4 Å². The second-order valence-corrected chi connectivity index (χ2v) is 4.32. The highest BCUT2D eigenvalue weighted by Gasteiger charge is 2.07. The molecule has 0 aliphatic rings. The quantitative estimate of drug-likeness (QED) is 0.850. The number of anilines is 1. The zero-order chi connectivity index (χ0) is 13.7. The number of nitrogens with zero attached hydrogens (tertiary/aromatic N) is 2. The van der Waals surface area contributed by atoms with Crippen LogP contribution in [-0.4, -0.2) is 22.5 Å². The van der Waals surface area contributed by atoms with Gasteiger partial charge in [-0.25, -0.2) is 4.98 Å². The SMILES string of the molecule is CNC(=O)Cc1ccccc1NCc1nccn1C. The Morgan fingerprint density at radius 1 is 1.37 bits per heavy atom. The fourth-order valence-corrected chi connectivity index (χ4v) is 1.85. The summed E-state index contributed by atoms with van der Waals surface area (Å²) >= 11 is 0. The van der Waals surface area contributed by atoms with Crippen LogP contribution in [0.5, 0.6) is 0 Å². The van der Waals surface area contributed by atoms with Crippen molar-refractivity contribution in [2.45, 2.75) is 13.0 Å². The van der Waals surface area contributed by atoms with Gasteiger partial charge in [0.1, 0.15) is 5.82 Å². The number of benzene rings is 1. The van der Waals surface area contributed by atoms with E-state index >= 15 is 0 Å². The topological polar surface area (TPSA) is 59.0 Å². The summed E-state index contributed by atoms with van der Waals surface area (Å²) in [6.07, 6.45) is 4.06. The van der Waals surface area contributed by atoms with Gasteiger partial charge in [-0.3, -0.25) is 4.79 Å². The fraction of sp³-hybridized carbons (Fsp3) is 0.286. The first kappa shape index (κ1) is 13.1. The molecule has 5 heteroatoms. The van der Waals surface area contributed by atoms with Crippen LogP contribution in [0.4, 0.5) is 5.69 Å². The predicted molar refractivity (Wildman–Crippen MR) is 74.7 cm³/mol. The molecule has 0 fully saturated rings. The largest absolute Gasteiger partial charge is 0.378 e. The minimum atomic E-state index is 0.00578. The molecule has 0 aliphatic heterocycles. The molecule has 19 heavy (non-hydrogen) atoms. The third kappa shape index (κ3) is 3.34. The van der Waals surface area contributed by atoms with Gasteiger partial charge in [0.25, 0.3) is 0 Å². The number of aromatic nitrogens is 2. The molecule has 0 spiro atoms.